The molecule has 1 fully saturated rings. The van der Waals surface area contributed by atoms with Gasteiger partial charge in [-0.25, -0.2) is 0 Å². The van der Waals surface area contributed by atoms with Crippen molar-refractivity contribution < 1.29 is 23.8 Å². The van der Waals surface area contributed by atoms with Crippen LogP contribution in [0.25, 0.3) is 0 Å². The SMILES string of the molecule is COC(=O)C(CCC1CO1)C(=O)OC. The third-order valence-corrected chi connectivity index (χ3v) is 2.15. The Morgan fingerprint density at radius 1 is 1.36 bits per heavy atom. The molecule has 0 aromatic rings. The molecule has 1 saturated heterocycles. The van der Waals surface area contributed by atoms with Crippen molar-refractivity contribution in [2.24, 2.45) is 5.92 Å². The van der Waals surface area contributed by atoms with Crippen LogP contribution in [-0.2, 0) is 23.8 Å². The van der Waals surface area contributed by atoms with Crippen LogP contribution in [0.5, 0.6) is 0 Å². The van der Waals surface area contributed by atoms with E-state index >= 15 is 0 Å². The van der Waals surface area contributed by atoms with Crippen molar-refractivity contribution in [1.29, 1.82) is 0 Å². The van der Waals surface area contributed by atoms with E-state index in [2.05, 4.69) is 9.47 Å². The lowest BCUT2D eigenvalue weighted by Crippen LogP contribution is -2.26. The number of hydrogen-bond acceptors (Lipinski definition) is 5. The van der Waals surface area contributed by atoms with E-state index < -0.39 is 17.9 Å². The van der Waals surface area contributed by atoms with Gasteiger partial charge in [-0.2, -0.15) is 0 Å². The fourth-order valence-electron chi connectivity index (χ4n) is 1.20. The van der Waals surface area contributed by atoms with Crippen LogP contribution in [0.15, 0.2) is 0 Å². The summed E-state index contributed by atoms with van der Waals surface area (Å²) in [6, 6.07) is 0. The summed E-state index contributed by atoms with van der Waals surface area (Å²) in [5.74, 6) is -1.90. The van der Waals surface area contributed by atoms with Gasteiger partial charge in [0.2, 0.25) is 0 Å². The van der Waals surface area contributed by atoms with Crippen molar-refractivity contribution >= 4 is 11.9 Å². The van der Waals surface area contributed by atoms with Crippen LogP contribution >= 0.6 is 0 Å². The molecule has 0 spiro atoms. The Hall–Kier alpha value is -1.10. The van der Waals surface area contributed by atoms with E-state index in [1.807, 2.05) is 0 Å². The summed E-state index contributed by atoms with van der Waals surface area (Å²) in [4.78, 5) is 22.4. The first-order valence-corrected chi connectivity index (χ1v) is 4.46. The second-order valence-corrected chi connectivity index (χ2v) is 3.13. The quantitative estimate of drug-likeness (QED) is 0.360. The normalized spacial score (nSPS) is 19.2. The molecule has 14 heavy (non-hydrogen) atoms. The molecule has 0 N–H and O–H groups in total. The average molecular weight is 202 g/mol. The van der Waals surface area contributed by atoms with Crippen molar-refractivity contribution in [1.82, 2.24) is 0 Å². The second kappa shape index (κ2) is 4.95. The summed E-state index contributed by atoms with van der Waals surface area (Å²) in [6.07, 6.45) is 1.31. The highest BCUT2D eigenvalue weighted by Gasteiger charge is 2.32. The van der Waals surface area contributed by atoms with Gasteiger partial charge in [0.1, 0.15) is 0 Å². The standard InChI is InChI=1S/C9H14O5/c1-12-8(10)7(9(11)13-2)4-3-6-5-14-6/h6-7H,3-5H2,1-2H3. The molecule has 5 nitrogen and oxygen atoms in total. The molecular formula is C9H14O5. The minimum absolute atomic E-state index is 0.201. The number of methoxy groups -OCH3 is 2. The van der Waals surface area contributed by atoms with Crippen LogP contribution in [0.3, 0.4) is 0 Å². The first-order chi connectivity index (χ1) is 6.69. The molecule has 80 valence electrons. The smallest absolute Gasteiger partial charge is 0.320 e. The zero-order chi connectivity index (χ0) is 10.6. The van der Waals surface area contributed by atoms with Gasteiger partial charge >= 0.3 is 11.9 Å². The van der Waals surface area contributed by atoms with Gasteiger partial charge in [0.15, 0.2) is 5.92 Å². The van der Waals surface area contributed by atoms with E-state index in [9.17, 15) is 9.59 Å². The fraction of sp³-hybridized carbons (Fsp3) is 0.778. The first kappa shape index (κ1) is 11.0. The maximum absolute atomic E-state index is 11.2. The Bertz CT molecular complexity index is 205. The molecule has 0 radical (unpaired) electrons. The van der Waals surface area contributed by atoms with Crippen molar-refractivity contribution in [2.45, 2.75) is 18.9 Å². The highest BCUT2D eigenvalue weighted by molar-refractivity contribution is 5.94. The van der Waals surface area contributed by atoms with Gasteiger partial charge in [0.25, 0.3) is 0 Å². The largest absolute Gasteiger partial charge is 0.468 e. The summed E-state index contributed by atoms with van der Waals surface area (Å²) in [6.45, 7) is 0.717. The maximum Gasteiger partial charge on any atom is 0.320 e. The third-order valence-electron chi connectivity index (χ3n) is 2.15. The number of rotatable bonds is 5. The topological polar surface area (TPSA) is 65.1 Å². The van der Waals surface area contributed by atoms with Gasteiger partial charge < -0.3 is 14.2 Å². The second-order valence-electron chi connectivity index (χ2n) is 3.13. The van der Waals surface area contributed by atoms with Crippen LogP contribution in [0.2, 0.25) is 0 Å². The number of ether oxygens (including phenoxy) is 3. The molecule has 1 aliphatic heterocycles. The van der Waals surface area contributed by atoms with Gasteiger partial charge in [-0.1, -0.05) is 0 Å². The summed E-state index contributed by atoms with van der Waals surface area (Å²) < 4.78 is 14.0. The highest BCUT2D eigenvalue weighted by atomic mass is 16.6. The van der Waals surface area contributed by atoms with Crippen molar-refractivity contribution in [2.75, 3.05) is 20.8 Å². The molecule has 0 bridgehead atoms. The fourth-order valence-corrected chi connectivity index (χ4v) is 1.20. The van der Waals surface area contributed by atoms with Crippen molar-refractivity contribution in [3.05, 3.63) is 0 Å². The molecule has 0 amide bonds. The van der Waals surface area contributed by atoms with Gasteiger partial charge in [-0.05, 0) is 12.8 Å². The number of carbonyl (C=O) groups excluding carboxylic acids is 2. The molecule has 0 aromatic carbocycles. The van der Waals surface area contributed by atoms with E-state index in [0.717, 1.165) is 6.61 Å². The minimum atomic E-state index is -0.811. The number of hydrogen-bond donors (Lipinski definition) is 0. The molecule has 0 aliphatic carbocycles. The monoisotopic (exact) mass is 202 g/mol. The van der Waals surface area contributed by atoms with Crippen LogP contribution in [-0.4, -0.2) is 38.9 Å². The molecule has 1 aliphatic rings. The average Bonchev–Trinajstić information content (AvgIpc) is 3.00. The Morgan fingerprint density at radius 3 is 2.21 bits per heavy atom. The summed E-state index contributed by atoms with van der Waals surface area (Å²) >= 11 is 0. The summed E-state index contributed by atoms with van der Waals surface area (Å²) in [7, 11) is 2.51. The zero-order valence-electron chi connectivity index (χ0n) is 8.32. The van der Waals surface area contributed by atoms with E-state index in [0.29, 0.717) is 12.8 Å². The lowest BCUT2D eigenvalue weighted by atomic mass is 10.0. The Balaban J connectivity index is 2.41. The first-order valence-electron chi connectivity index (χ1n) is 4.46. The van der Waals surface area contributed by atoms with Crippen molar-refractivity contribution in [3.8, 4) is 0 Å². The zero-order valence-corrected chi connectivity index (χ0v) is 8.32. The van der Waals surface area contributed by atoms with Gasteiger partial charge in [-0.15, -0.1) is 0 Å². The lowest BCUT2D eigenvalue weighted by molar-refractivity contribution is -0.159. The number of carbonyl (C=O) groups is 2. The lowest BCUT2D eigenvalue weighted by Gasteiger charge is -2.10. The van der Waals surface area contributed by atoms with Crippen LogP contribution in [0.1, 0.15) is 12.8 Å². The number of esters is 2. The predicted octanol–water partition coefficient (Wildman–Crippen LogP) is 0.128. The predicted molar refractivity (Wildman–Crippen MR) is 46.5 cm³/mol. The van der Waals surface area contributed by atoms with E-state index in [1.54, 1.807) is 0 Å². The molecule has 1 heterocycles. The molecule has 0 saturated carbocycles. The van der Waals surface area contributed by atoms with Crippen molar-refractivity contribution in [3.63, 3.8) is 0 Å². The van der Waals surface area contributed by atoms with Gasteiger partial charge in [0.05, 0.1) is 26.9 Å². The Morgan fingerprint density at radius 2 is 1.86 bits per heavy atom. The molecule has 1 rings (SSSR count). The molecular weight excluding hydrogens is 188 g/mol. The summed E-state index contributed by atoms with van der Waals surface area (Å²) in [5, 5.41) is 0. The van der Waals surface area contributed by atoms with E-state index in [1.165, 1.54) is 14.2 Å². The maximum atomic E-state index is 11.2. The van der Waals surface area contributed by atoms with Crippen LogP contribution < -0.4 is 0 Å². The highest BCUT2D eigenvalue weighted by Crippen LogP contribution is 2.20. The van der Waals surface area contributed by atoms with E-state index in [4.69, 9.17) is 4.74 Å². The Kier molecular flexibility index (Phi) is 3.88. The van der Waals surface area contributed by atoms with Gasteiger partial charge in [0, 0.05) is 0 Å². The molecule has 1 unspecified atom stereocenters. The molecule has 0 aromatic heterocycles. The summed E-state index contributed by atoms with van der Waals surface area (Å²) in [5.41, 5.74) is 0. The van der Waals surface area contributed by atoms with E-state index in [-0.39, 0.29) is 6.10 Å². The number of epoxide rings is 1. The molecule has 1 atom stereocenters. The molecule has 5 heteroatoms. The van der Waals surface area contributed by atoms with Crippen LogP contribution in [0.4, 0.5) is 0 Å². The van der Waals surface area contributed by atoms with Crippen LogP contribution in [0, 0.1) is 5.92 Å². The Labute approximate surface area is 82.3 Å². The minimum Gasteiger partial charge on any atom is -0.468 e. The van der Waals surface area contributed by atoms with Gasteiger partial charge in [-0.3, -0.25) is 9.59 Å². The third kappa shape index (κ3) is 2.99.